The van der Waals surface area contributed by atoms with Crippen LogP contribution in [0.15, 0.2) is 54.6 Å². The molecule has 0 unspecified atom stereocenters. The Hall–Kier alpha value is -2.27. The van der Waals surface area contributed by atoms with Crippen molar-refractivity contribution in [3.8, 4) is 0 Å². The zero-order valence-corrected chi connectivity index (χ0v) is 16.3. The Labute approximate surface area is 165 Å². The van der Waals surface area contributed by atoms with Crippen LogP contribution in [0.5, 0.6) is 0 Å². The van der Waals surface area contributed by atoms with Gasteiger partial charge < -0.3 is 10.6 Å². The minimum absolute atomic E-state index is 0.118. The predicted octanol–water partition coefficient (Wildman–Crippen LogP) is 4.62. The van der Waals surface area contributed by atoms with Crippen molar-refractivity contribution in [2.75, 3.05) is 11.1 Å². The van der Waals surface area contributed by atoms with Gasteiger partial charge in [-0.25, -0.2) is 0 Å². The highest BCUT2D eigenvalue weighted by atomic mass is 32.2. The molecule has 0 aliphatic heterocycles. The number of thioether (sulfide) groups is 1. The van der Waals surface area contributed by atoms with Crippen molar-refractivity contribution in [2.45, 2.75) is 43.9 Å². The Bertz CT molecular complexity index is 741. The third kappa shape index (κ3) is 6.43. The molecule has 142 valence electrons. The fraction of sp³-hybridized carbons (Fsp3) is 0.364. The molecule has 0 aromatic heterocycles. The van der Waals surface area contributed by atoms with E-state index in [-0.39, 0.29) is 11.8 Å². The lowest BCUT2D eigenvalue weighted by atomic mass is 9.95. The number of carbonyl (C=O) groups is 2. The maximum atomic E-state index is 12.2. The van der Waals surface area contributed by atoms with E-state index in [9.17, 15) is 9.59 Å². The molecule has 1 aliphatic rings. The van der Waals surface area contributed by atoms with Gasteiger partial charge in [-0.2, -0.15) is 0 Å². The summed E-state index contributed by atoms with van der Waals surface area (Å²) in [6.45, 7) is 0. The lowest BCUT2D eigenvalue weighted by molar-refractivity contribution is -0.119. The van der Waals surface area contributed by atoms with E-state index < -0.39 is 0 Å². The minimum atomic E-state index is -0.118. The number of hydrogen-bond acceptors (Lipinski definition) is 3. The van der Waals surface area contributed by atoms with Gasteiger partial charge in [0.05, 0.1) is 5.75 Å². The normalized spacial score (nSPS) is 14.5. The predicted molar refractivity (Wildman–Crippen MR) is 112 cm³/mol. The van der Waals surface area contributed by atoms with E-state index in [1.807, 2.05) is 54.6 Å². The zero-order chi connectivity index (χ0) is 18.9. The molecule has 0 heterocycles. The van der Waals surface area contributed by atoms with Crippen LogP contribution < -0.4 is 10.6 Å². The second kappa shape index (κ2) is 10.2. The average molecular weight is 383 g/mol. The van der Waals surface area contributed by atoms with E-state index >= 15 is 0 Å². The lowest BCUT2D eigenvalue weighted by Crippen LogP contribution is -2.37. The number of anilines is 1. The standard InChI is InChI=1S/C22H26N2O2S/c25-21(23-19-7-3-1-4-8-19)16-27-15-17-11-13-18(14-12-17)22(26)24-20-9-5-2-6-10-20/h2,5-6,9-14,19H,1,3-4,7-8,15-16H2,(H,23,25)(H,24,26). The van der Waals surface area contributed by atoms with E-state index in [4.69, 9.17) is 0 Å². The van der Waals surface area contributed by atoms with E-state index in [0.29, 0.717) is 17.4 Å². The quantitative estimate of drug-likeness (QED) is 0.734. The summed E-state index contributed by atoms with van der Waals surface area (Å²) in [5.74, 6) is 1.25. The van der Waals surface area contributed by atoms with E-state index in [1.54, 1.807) is 11.8 Å². The van der Waals surface area contributed by atoms with E-state index in [1.165, 1.54) is 19.3 Å². The van der Waals surface area contributed by atoms with Gasteiger partial charge in [-0.1, -0.05) is 49.6 Å². The van der Waals surface area contributed by atoms with Gasteiger partial charge in [-0.3, -0.25) is 9.59 Å². The molecule has 0 atom stereocenters. The van der Waals surface area contributed by atoms with Gasteiger partial charge in [0.2, 0.25) is 5.91 Å². The number of nitrogens with one attached hydrogen (secondary N) is 2. The zero-order valence-electron chi connectivity index (χ0n) is 15.4. The number of carbonyl (C=O) groups excluding carboxylic acids is 2. The Morgan fingerprint density at radius 3 is 2.33 bits per heavy atom. The molecule has 5 heteroatoms. The summed E-state index contributed by atoms with van der Waals surface area (Å²) in [7, 11) is 0. The summed E-state index contributed by atoms with van der Waals surface area (Å²) in [5.41, 5.74) is 2.52. The molecule has 3 rings (SSSR count). The molecular formula is C22H26N2O2S. The van der Waals surface area contributed by atoms with Gasteiger partial charge >= 0.3 is 0 Å². The van der Waals surface area contributed by atoms with Crippen LogP contribution in [0.25, 0.3) is 0 Å². The first-order valence-electron chi connectivity index (χ1n) is 9.53. The third-order valence-electron chi connectivity index (χ3n) is 4.72. The van der Waals surface area contributed by atoms with Crippen molar-refractivity contribution in [2.24, 2.45) is 0 Å². The fourth-order valence-electron chi connectivity index (χ4n) is 3.25. The summed E-state index contributed by atoms with van der Waals surface area (Å²) in [5, 5.41) is 6.02. The first-order valence-corrected chi connectivity index (χ1v) is 10.7. The number of amides is 2. The SMILES string of the molecule is O=C(CSCc1ccc(C(=O)Nc2ccccc2)cc1)NC1CCCCC1. The smallest absolute Gasteiger partial charge is 0.255 e. The Morgan fingerprint density at radius 2 is 1.63 bits per heavy atom. The molecule has 2 aromatic rings. The summed E-state index contributed by atoms with van der Waals surface area (Å²) >= 11 is 1.61. The van der Waals surface area contributed by atoms with Gasteiger partial charge in [0.15, 0.2) is 0 Å². The Kier molecular flexibility index (Phi) is 7.34. The van der Waals surface area contributed by atoms with Crippen LogP contribution in [-0.4, -0.2) is 23.6 Å². The number of benzene rings is 2. The van der Waals surface area contributed by atoms with Crippen LogP contribution in [0.3, 0.4) is 0 Å². The van der Waals surface area contributed by atoms with Gasteiger partial charge in [-0.05, 0) is 42.7 Å². The van der Waals surface area contributed by atoms with E-state index in [2.05, 4.69) is 10.6 Å². The van der Waals surface area contributed by atoms with Gasteiger partial charge in [0, 0.05) is 23.0 Å². The first-order chi connectivity index (χ1) is 13.2. The monoisotopic (exact) mass is 382 g/mol. The molecule has 0 radical (unpaired) electrons. The van der Waals surface area contributed by atoms with E-state index in [0.717, 1.165) is 29.8 Å². The van der Waals surface area contributed by atoms with Crippen LogP contribution in [0, 0.1) is 0 Å². The van der Waals surface area contributed by atoms with Crippen molar-refractivity contribution in [3.05, 3.63) is 65.7 Å². The van der Waals surface area contributed by atoms with Gasteiger partial charge in [0.1, 0.15) is 0 Å². The summed E-state index contributed by atoms with van der Waals surface area (Å²) in [6, 6.07) is 17.3. The largest absolute Gasteiger partial charge is 0.353 e. The summed E-state index contributed by atoms with van der Waals surface area (Å²) in [4.78, 5) is 24.3. The highest BCUT2D eigenvalue weighted by Gasteiger charge is 2.15. The number of hydrogen-bond donors (Lipinski definition) is 2. The molecule has 2 N–H and O–H groups in total. The second-order valence-electron chi connectivity index (χ2n) is 6.91. The van der Waals surface area contributed by atoms with Crippen LogP contribution in [0.4, 0.5) is 5.69 Å². The van der Waals surface area contributed by atoms with Gasteiger partial charge in [0.25, 0.3) is 5.91 Å². The molecule has 0 saturated heterocycles. The lowest BCUT2D eigenvalue weighted by Gasteiger charge is -2.22. The van der Waals surface area contributed by atoms with Crippen molar-refractivity contribution in [3.63, 3.8) is 0 Å². The highest BCUT2D eigenvalue weighted by Crippen LogP contribution is 2.18. The molecule has 0 bridgehead atoms. The molecule has 2 aromatic carbocycles. The molecule has 2 amide bonds. The molecule has 4 nitrogen and oxygen atoms in total. The first kappa shape index (κ1) is 19.5. The molecule has 1 fully saturated rings. The number of rotatable bonds is 7. The maximum Gasteiger partial charge on any atom is 0.255 e. The molecule has 27 heavy (non-hydrogen) atoms. The van der Waals surface area contributed by atoms with Crippen molar-refractivity contribution < 1.29 is 9.59 Å². The van der Waals surface area contributed by atoms with Crippen LogP contribution in [-0.2, 0) is 10.5 Å². The third-order valence-corrected chi connectivity index (χ3v) is 5.72. The molecule has 0 spiro atoms. The minimum Gasteiger partial charge on any atom is -0.353 e. The highest BCUT2D eigenvalue weighted by molar-refractivity contribution is 7.99. The van der Waals surface area contributed by atoms with Crippen LogP contribution >= 0.6 is 11.8 Å². The van der Waals surface area contributed by atoms with Gasteiger partial charge in [-0.15, -0.1) is 11.8 Å². The maximum absolute atomic E-state index is 12.2. The molecular weight excluding hydrogens is 356 g/mol. The van der Waals surface area contributed by atoms with Crippen molar-refractivity contribution in [1.29, 1.82) is 0 Å². The molecule has 1 aliphatic carbocycles. The van der Waals surface area contributed by atoms with Crippen molar-refractivity contribution in [1.82, 2.24) is 5.32 Å². The topological polar surface area (TPSA) is 58.2 Å². The number of para-hydroxylation sites is 1. The second-order valence-corrected chi connectivity index (χ2v) is 7.90. The summed E-state index contributed by atoms with van der Waals surface area (Å²) in [6.07, 6.45) is 5.97. The fourth-order valence-corrected chi connectivity index (χ4v) is 4.05. The average Bonchev–Trinajstić information content (AvgIpc) is 2.70. The van der Waals surface area contributed by atoms with Crippen LogP contribution in [0.1, 0.15) is 48.0 Å². The van der Waals surface area contributed by atoms with Crippen molar-refractivity contribution >= 4 is 29.3 Å². The summed E-state index contributed by atoms with van der Waals surface area (Å²) < 4.78 is 0. The Balaban J connectivity index is 1.41. The molecule has 1 saturated carbocycles. The Morgan fingerprint density at radius 1 is 0.926 bits per heavy atom. The van der Waals surface area contributed by atoms with Crippen LogP contribution in [0.2, 0.25) is 0 Å².